The van der Waals surface area contributed by atoms with E-state index in [1.165, 1.54) is 9.13 Å². The fourth-order valence-electron chi connectivity index (χ4n) is 4.03. The number of nitrogens with zero attached hydrogens (tertiary/aromatic N) is 7. The highest BCUT2D eigenvalue weighted by atomic mass is 16.5. The van der Waals surface area contributed by atoms with Gasteiger partial charge in [0.05, 0.1) is 12.9 Å². The largest absolute Gasteiger partial charge is 0.360 e. The number of rotatable bonds is 7. The van der Waals surface area contributed by atoms with Gasteiger partial charge >= 0.3 is 5.69 Å². The summed E-state index contributed by atoms with van der Waals surface area (Å²) in [4.78, 5) is 46.0. The van der Waals surface area contributed by atoms with Crippen LogP contribution in [0.4, 0.5) is 5.82 Å². The first-order chi connectivity index (χ1) is 15.3. The molecule has 12 heteroatoms. The molecule has 32 heavy (non-hydrogen) atoms. The SMILES string of the molecule is Cc1cc(NC(=O)CN2CCN(CCCn3c(=O)c4c(ncn4C)n(C)c3=O)CC2)no1. The van der Waals surface area contributed by atoms with E-state index in [1.54, 1.807) is 38.0 Å². The Hall–Kier alpha value is -3.25. The molecule has 1 aliphatic heterocycles. The molecule has 0 unspecified atom stereocenters. The summed E-state index contributed by atoms with van der Waals surface area (Å²) >= 11 is 0. The standard InChI is InChI=1S/C20H28N8O4/c1-14-11-15(23-32-14)22-16(29)12-27-9-7-26(8-10-27)5-4-6-28-19(30)17-18(21-13-24(17)2)25(3)20(28)31/h11,13H,4-10,12H2,1-3H3,(H,22,23,29). The summed E-state index contributed by atoms with van der Waals surface area (Å²) in [6.45, 7) is 6.39. The fourth-order valence-corrected chi connectivity index (χ4v) is 4.03. The number of aromatic nitrogens is 5. The van der Waals surface area contributed by atoms with Crippen LogP contribution in [0.5, 0.6) is 0 Å². The lowest BCUT2D eigenvalue weighted by atomic mass is 10.2. The number of fused-ring (bicyclic) bond motifs is 1. The lowest BCUT2D eigenvalue weighted by molar-refractivity contribution is -0.117. The molecule has 1 saturated heterocycles. The van der Waals surface area contributed by atoms with Gasteiger partial charge in [0.1, 0.15) is 5.76 Å². The maximum absolute atomic E-state index is 12.8. The number of imidazole rings is 1. The van der Waals surface area contributed by atoms with Crippen LogP contribution in [0.2, 0.25) is 0 Å². The molecule has 0 aliphatic carbocycles. The van der Waals surface area contributed by atoms with E-state index < -0.39 is 0 Å². The second kappa shape index (κ2) is 9.09. The Morgan fingerprint density at radius 1 is 1.12 bits per heavy atom. The molecule has 3 aromatic rings. The van der Waals surface area contributed by atoms with Crippen LogP contribution in [0.25, 0.3) is 11.2 Å². The highest BCUT2D eigenvalue weighted by Gasteiger charge is 2.20. The Morgan fingerprint density at radius 2 is 1.84 bits per heavy atom. The average Bonchev–Trinajstić information content (AvgIpc) is 3.35. The summed E-state index contributed by atoms with van der Waals surface area (Å²) in [6, 6.07) is 1.68. The van der Waals surface area contributed by atoms with E-state index in [-0.39, 0.29) is 17.2 Å². The molecule has 3 aromatic heterocycles. The zero-order chi connectivity index (χ0) is 22.8. The van der Waals surface area contributed by atoms with Gasteiger partial charge in [-0.2, -0.15) is 0 Å². The molecule has 1 aliphatic rings. The Labute approximate surface area is 184 Å². The van der Waals surface area contributed by atoms with Crippen LogP contribution in [0.3, 0.4) is 0 Å². The smallest absolute Gasteiger partial charge is 0.332 e. The van der Waals surface area contributed by atoms with Crippen LogP contribution in [0.1, 0.15) is 12.2 Å². The number of amides is 1. The number of hydrogen-bond acceptors (Lipinski definition) is 8. The first kappa shape index (κ1) is 22.0. The lowest BCUT2D eigenvalue weighted by Gasteiger charge is -2.34. The van der Waals surface area contributed by atoms with Crippen LogP contribution in [-0.2, 0) is 25.4 Å². The molecule has 1 fully saturated rings. The first-order valence-corrected chi connectivity index (χ1v) is 10.6. The van der Waals surface area contributed by atoms with Gasteiger partial charge < -0.3 is 19.3 Å². The average molecular weight is 444 g/mol. The third-order valence-electron chi connectivity index (χ3n) is 5.78. The summed E-state index contributed by atoms with van der Waals surface area (Å²) in [5.74, 6) is 0.957. The summed E-state index contributed by atoms with van der Waals surface area (Å²) in [5, 5.41) is 6.50. The van der Waals surface area contributed by atoms with E-state index in [0.717, 1.165) is 32.7 Å². The molecule has 4 rings (SSSR count). The third-order valence-corrected chi connectivity index (χ3v) is 5.78. The molecule has 12 nitrogen and oxygen atoms in total. The molecule has 0 saturated carbocycles. The predicted octanol–water partition coefficient (Wildman–Crippen LogP) is -0.623. The van der Waals surface area contributed by atoms with E-state index in [2.05, 4.69) is 25.3 Å². The van der Waals surface area contributed by atoms with Crippen LogP contribution in [0, 0.1) is 6.92 Å². The van der Waals surface area contributed by atoms with Gasteiger partial charge in [0, 0.05) is 52.9 Å². The summed E-state index contributed by atoms with van der Waals surface area (Å²) < 4.78 is 9.30. The minimum Gasteiger partial charge on any atom is -0.360 e. The molecule has 0 bridgehead atoms. The van der Waals surface area contributed by atoms with Gasteiger partial charge in [-0.3, -0.25) is 23.6 Å². The Kier molecular flexibility index (Phi) is 6.24. The fraction of sp³-hybridized carbons (Fsp3) is 0.550. The maximum atomic E-state index is 12.8. The van der Waals surface area contributed by atoms with E-state index in [4.69, 9.17) is 4.52 Å². The van der Waals surface area contributed by atoms with E-state index in [9.17, 15) is 14.4 Å². The van der Waals surface area contributed by atoms with E-state index in [0.29, 0.717) is 42.3 Å². The molecule has 4 heterocycles. The van der Waals surface area contributed by atoms with Crippen molar-refractivity contribution >= 4 is 22.9 Å². The highest BCUT2D eigenvalue weighted by molar-refractivity contribution is 5.91. The highest BCUT2D eigenvalue weighted by Crippen LogP contribution is 2.08. The van der Waals surface area contributed by atoms with Crippen molar-refractivity contribution in [2.75, 3.05) is 44.6 Å². The number of carbonyl (C=O) groups excluding carboxylic acids is 1. The van der Waals surface area contributed by atoms with Crippen LogP contribution < -0.4 is 16.6 Å². The van der Waals surface area contributed by atoms with Gasteiger partial charge in [-0.25, -0.2) is 9.78 Å². The van der Waals surface area contributed by atoms with Crippen LogP contribution >= 0.6 is 0 Å². The van der Waals surface area contributed by atoms with Crippen molar-refractivity contribution in [2.45, 2.75) is 19.9 Å². The van der Waals surface area contributed by atoms with Crippen molar-refractivity contribution < 1.29 is 9.32 Å². The Bertz CT molecular complexity index is 1230. The van der Waals surface area contributed by atoms with E-state index >= 15 is 0 Å². The number of hydrogen-bond donors (Lipinski definition) is 1. The number of anilines is 1. The monoisotopic (exact) mass is 444 g/mol. The molecule has 0 atom stereocenters. The molecular weight excluding hydrogens is 416 g/mol. The molecular formula is C20H28N8O4. The van der Waals surface area contributed by atoms with Gasteiger partial charge in [0.2, 0.25) is 5.91 Å². The minimum atomic E-state index is -0.348. The normalized spacial score (nSPS) is 15.5. The molecule has 0 radical (unpaired) electrons. The van der Waals surface area contributed by atoms with Gasteiger partial charge in [-0.05, 0) is 19.9 Å². The van der Waals surface area contributed by atoms with Crippen LogP contribution in [0.15, 0.2) is 26.5 Å². The second-order valence-corrected chi connectivity index (χ2v) is 8.17. The lowest BCUT2D eigenvalue weighted by Crippen LogP contribution is -2.49. The van der Waals surface area contributed by atoms with Crippen molar-refractivity contribution in [1.82, 2.24) is 33.6 Å². The summed E-state index contributed by atoms with van der Waals surface area (Å²) in [7, 11) is 3.38. The zero-order valence-corrected chi connectivity index (χ0v) is 18.6. The molecule has 1 N–H and O–H groups in total. The topological polar surface area (TPSA) is 123 Å². The first-order valence-electron chi connectivity index (χ1n) is 10.6. The molecule has 1 amide bonds. The Balaban J connectivity index is 1.26. The van der Waals surface area contributed by atoms with Gasteiger partial charge in [-0.15, -0.1) is 0 Å². The number of piperazine rings is 1. The number of aryl methyl sites for hydroxylation is 3. The van der Waals surface area contributed by atoms with Crippen LogP contribution in [-0.4, -0.2) is 78.8 Å². The maximum Gasteiger partial charge on any atom is 0.332 e. The minimum absolute atomic E-state index is 0.118. The van der Waals surface area contributed by atoms with Crippen molar-refractivity contribution in [2.24, 2.45) is 14.1 Å². The predicted molar refractivity (Wildman–Crippen MR) is 118 cm³/mol. The molecule has 0 aromatic carbocycles. The number of nitrogens with one attached hydrogen (secondary N) is 1. The van der Waals surface area contributed by atoms with Crippen molar-refractivity contribution in [1.29, 1.82) is 0 Å². The quantitative estimate of drug-likeness (QED) is 0.511. The number of carbonyl (C=O) groups is 1. The summed E-state index contributed by atoms with van der Waals surface area (Å²) in [5.41, 5.74) is 0.179. The van der Waals surface area contributed by atoms with E-state index in [1.807, 2.05) is 0 Å². The Morgan fingerprint density at radius 3 is 2.53 bits per heavy atom. The zero-order valence-electron chi connectivity index (χ0n) is 18.6. The van der Waals surface area contributed by atoms with Crippen molar-refractivity contribution in [3.8, 4) is 0 Å². The second-order valence-electron chi connectivity index (χ2n) is 8.17. The van der Waals surface area contributed by atoms with Gasteiger partial charge in [-0.1, -0.05) is 5.16 Å². The molecule has 0 spiro atoms. The third kappa shape index (κ3) is 4.50. The molecule has 172 valence electrons. The van der Waals surface area contributed by atoms with Crippen molar-refractivity contribution in [3.05, 3.63) is 39.0 Å². The van der Waals surface area contributed by atoms with Gasteiger partial charge in [0.15, 0.2) is 17.0 Å². The van der Waals surface area contributed by atoms with Crippen molar-refractivity contribution in [3.63, 3.8) is 0 Å². The van der Waals surface area contributed by atoms with Gasteiger partial charge in [0.25, 0.3) is 5.56 Å². The summed E-state index contributed by atoms with van der Waals surface area (Å²) in [6.07, 6.45) is 2.23.